The lowest BCUT2D eigenvalue weighted by Gasteiger charge is -2.34. The highest BCUT2D eigenvalue weighted by Gasteiger charge is 2.36. The van der Waals surface area contributed by atoms with Crippen LogP contribution >= 0.6 is 0 Å². The highest BCUT2D eigenvalue weighted by Crippen LogP contribution is 2.29. The zero-order valence-corrected chi connectivity index (χ0v) is 10.2. The minimum absolute atomic E-state index is 0.0769. The number of amides is 1. The molecule has 90 valence electrons. The molecule has 5 heteroatoms. The minimum atomic E-state index is -0.627. The number of esters is 1. The standard InChI is InChI=1S/C11H17NO4/c1-6-8(12-7(2)13)9(14)16-10(15-6)11(3,4)5/h10H,1-5H3,(H,12,13). The fourth-order valence-corrected chi connectivity index (χ4v) is 1.21. The summed E-state index contributed by atoms with van der Waals surface area (Å²) in [4.78, 5) is 22.5. The molecule has 1 aliphatic heterocycles. The van der Waals surface area contributed by atoms with Crippen LogP contribution in [0.15, 0.2) is 11.5 Å². The van der Waals surface area contributed by atoms with Gasteiger partial charge in [-0.1, -0.05) is 20.8 Å². The molecule has 1 atom stereocenters. The Morgan fingerprint density at radius 1 is 1.31 bits per heavy atom. The lowest BCUT2D eigenvalue weighted by molar-refractivity contribution is -0.197. The van der Waals surface area contributed by atoms with E-state index in [1.54, 1.807) is 6.92 Å². The molecule has 0 aromatic heterocycles. The van der Waals surface area contributed by atoms with Crippen LogP contribution in [0.5, 0.6) is 0 Å². The summed E-state index contributed by atoms with van der Waals surface area (Å²) in [6.45, 7) is 8.67. The van der Waals surface area contributed by atoms with E-state index >= 15 is 0 Å². The van der Waals surface area contributed by atoms with Gasteiger partial charge in [0.15, 0.2) is 5.70 Å². The van der Waals surface area contributed by atoms with E-state index in [4.69, 9.17) is 9.47 Å². The van der Waals surface area contributed by atoms with Crippen molar-refractivity contribution in [2.75, 3.05) is 0 Å². The van der Waals surface area contributed by atoms with Gasteiger partial charge in [-0.2, -0.15) is 0 Å². The fourth-order valence-electron chi connectivity index (χ4n) is 1.21. The molecule has 1 rings (SSSR count). The summed E-state index contributed by atoms with van der Waals surface area (Å²) in [7, 11) is 0. The average Bonchev–Trinajstić information content (AvgIpc) is 2.09. The topological polar surface area (TPSA) is 64.6 Å². The molecule has 1 aliphatic rings. The maximum Gasteiger partial charge on any atom is 0.361 e. The Morgan fingerprint density at radius 2 is 1.88 bits per heavy atom. The SMILES string of the molecule is CC(=O)NC1=C(C)OC(C(C)(C)C)OC1=O. The maximum atomic E-state index is 11.6. The lowest BCUT2D eigenvalue weighted by Crippen LogP contribution is -2.41. The zero-order chi connectivity index (χ0) is 12.5. The predicted octanol–water partition coefficient (Wildman–Crippen LogP) is 1.30. The Kier molecular flexibility index (Phi) is 3.26. The van der Waals surface area contributed by atoms with E-state index in [0.29, 0.717) is 5.76 Å². The number of allylic oxidation sites excluding steroid dienone is 1. The second-order valence-electron chi connectivity index (χ2n) is 4.83. The van der Waals surface area contributed by atoms with E-state index in [1.165, 1.54) is 6.92 Å². The smallest absolute Gasteiger partial charge is 0.361 e. The number of nitrogens with one attached hydrogen (secondary N) is 1. The van der Waals surface area contributed by atoms with E-state index < -0.39 is 12.3 Å². The van der Waals surface area contributed by atoms with Gasteiger partial charge in [0.25, 0.3) is 0 Å². The number of hydrogen-bond donors (Lipinski definition) is 1. The first kappa shape index (κ1) is 12.5. The molecule has 16 heavy (non-hydrogen) atoms. The second-order valence-corrected chi connectivity index (χ2v) is 4.83. The average molecular weight is 227 g/mol. The Hall–Kier alpha value is -1.52. The van der Waals surface area contributed by atoms with Gasteiger partial charge in [-0.05, 0) is 6.92 Å². The van der Waals surface area contributed by atoms with E-state index in [9.17, 15) is 9.59 Å². The summed E-state index contributed by atoms with van der Waals surface area (Å²) in [5.74, 6) is -0.505. The van der Waals surface area contributed by atoms with Crippen molar-refractivity contribution in [2.24, 2.45) is 5.41 Å². The quantitative estimate of drug-likeness (QED) is 0.686. The molecule has 0 spiro atoms. The van der Waals surface area contributed by atoms with Crippen LogP contribution in [0, 0.1) is 5.41 Å². The highest BCUT2D eigenvalue weighted by molar-refractivity contribution is 5.94. The van der Waals surface area contributed by atoms with Crippen LogP contribution in [0.1, 0.15) is 34.6 Å². The van der Waals surface area contributed by atoms with Crippen molar-refractivity contribution in [2.45, 2.75) is 40.9 Å². The second kappa shape index (κ2) is 4.15. The first-order valence-electron chi connectivity index (χ1n) is 5.08. The molecule has 1 amide bonds. The van der Waals surface area contributed by atoms with Crippen LogP contribution in [0.25, 0.3) is 0 Å². The van der Waals surface area contributed by atoms with E-state index in [2.05, 4.69) is 5.32 Å². The van der Waals surface area contributed by atoms with Crippen molar-refractivity contribution in [1.29, 1.82) is 0 Å². The lowest BCUT2D eigenvalue weighted by atomic mass is 9.95. The summed E-state index contributed by atoms with van der Waals surface area (Å²) >= 11 is 0. The van der Waals surface area contributed by atoms with Gasteiger partial charge in [0.2, 0.25) is 12.2 Å². The molecule has 0 radical (unpaired) electrons. The molecule has 1 N–H and O–H groups in total. The molecule has 1 unspecified atom stereocenters. The normalized spacial score (nSPS) is 21.3. The Morgan fingerprint density at radius 3 is 2.25 bits per heavy atom. The zero-order valence-electron chi connectivity index (χ0n) is 10.2. The van der Waals surface area contributed by atoms with E-state index in [1.807, 2.05) is 20.8 Å². The van der Waals surface area contributed by atoms with Gasteiger partial charge >= 0.3 is 5.97 Å². The van der Waals surface area contributed by atoms with Crippen molar-refractivity contribution in [1.82, 2.24) is 5.32 Å². The summed E-state index contributed by atoms with van der Waals surface area (Å²) in [5.41, 5.74) is -0.230. The van der Waals surface area contributed by atoms with Gasteiger partial charge < -0.3 is 14.8 Å². The molecule has 0 aromatic carbocycles. The number of carbonyl (C=O) groups excluding carboxylic acids is 2. The van der Waals surface area contributed by atoms with Crippen molar-refractivity contribution >= 4 is 11.9 Å². The van der Waals surface area contributed by atoms with Crippen molar-refractivity contribution in [3.8, 4) is 0 Å². The van der Waals surface area contributed by atoms with Crippen molar-refractivity contribution in [3.63, 3.8) is 0 Å². The molecular weight excluding hydrogens is 210 g/mol. The van der Waals surface area contributed by atoms with Crippen LogP contribution in [-0.4, -0.2) is 18.2 Å². The predicted molar refractivity (Wildman–Crippen MR) is 56.9 cm³/mol. The number of rotatable bonds is 1. The first-order chi connectivity index (χ1) is 7.21. The fraction of sp³-hybridized carbons (Fsp3) is 0.636. The van der Waals surface area contributed by atoms with Gasteiger partial charge in [-0.15, -0.1) is 0 Å². The third-order valence-corrected chi connectivity index (χ3v) is 2.06. The summed E-state index contributed by atoms with van der Waals surface area (Å²) in [6, 6.07) is 0. The van der Waals surface area contributed by atoms with Crippen molar-refractivity contribution in [3.05, 3.63) is 11.5 Å². The van der Waals surface area contributed by atoms with Gasteiger partial charge in [0.1, 0.15) is 5.76 Å². The molecule has 0 saturated carbocycles. The van der Waals surface area contributed by atoms with Crippen LogP contribution in [0.4, 0.5) is 0 Å². The molecule has 1 heterocycles. The third kappa shape index (κ3) is 2.74. The minimum Gasteiger partial charge on any atom is -0.456 e. The van der Waals surface area contributed by atoms with Crippen LogP contribution in [-0.2, 0) is 19.1 Å². The highest BCUT2D eigenvalue weighted by atomic mass is 16.7. The van der Waals surface area contributed by atoms with Crippen LogP contribution < -0.4 is 5.32 Å². The van der Waals surface area contributed by atoms with E-state index in [0.717, 1.165) is 0 Å². The number of hydrogen-bond acceptors (Lipinski definition) is 4. The molecule has 0 aromatic rings. The largest absolute Gasteiger partial charge is 0.456 e. The molecule has 0 saturated heterocycles. The van der Waals surface area contributed by atoms with Gasteiger partial charge in [-0.3, -0.25) is 4.79 Å². The third-order valence-electron chi connectivity index (χ3n) is 2.06. The van der Waals surface area contributed by atoms with Gasteiger partial charge in [0, 0.05) is 12.3 Å². The van der Waals surface area contributed by atoms with Gasteiger partial charge in [0.05, 0.1) is 0 Å². The molecule has 0 fully saturated rings. The Balaban J connectivity index is 2.90. The first-order valence-corrected chi connectivity index (χ1v) is 5.08. The molecule has 5 nitrogen and oxygen atoms in total. The Bertz CT molecular complexity index is 351. The number of carbonyl (C=O) groups is 2. The molecule has 0 aliphatic carbocycles. The number of ether oxygens (including phenoxy) is 2. The summed E-state index contributed by atoms with van der Waals surface area (Å²) < 4.78 is 10.6. The summed E-state index contributed by atoms with van der Waals surface area (Å²) in [6.07, 6.45) is -0.627. The van der Waals surface area contributed by atoms with Crippen LogP contribution in [0.3, 0.4) is 0 Å². The van der Waals surface area contributed by atoms with Crippen molar-refractivity contribution < 1.29 is 19.1 Å². The maximum absolute atomic E-state index is 11.6. The monoisotopic (exact) mass is 227 g/mol. The number of cyclic esters (lactones) is 1. The van der Waals surface area contributed by atoms with Gasteiger partial charge in [-0.25, -0.2) is 4.79 Å². The summed E-state index contributed by atoms with van der Waals surface area (Å²) in [5, 5.41) is 2.39. The van der Waals surface area contributed by atoms with Crippen LogP contribution in [0.2, 0.25) is 0 Å². The Labute approximate surface area is 94.8 Å². The van der Waals surface area contributed by atoms with E-state index in [-0.39, 0.29) is 17.0 Å². The molecular formula is C11H17NO4. The molecule has 0 bridgehead atoms.